The lowest BCUT2D eigenvalue weighted by atomic mass is 10.2. The summed E-state index contributed by atoms with van der Waals surface area (Å²) >= 11 is 5.67. The highest BCUT2D eigenvalue weighted by Crippen LogP contribution is 2.28. The number of esters is 1. The molecule has 0 aliphatic carbocycles. The molecular weight excluding hydrogens is 370 g/mol. The molecule has 0 unspecified atom stereocenters. The fourth-order valence-electron chi connectivity index (χ4n) is 2.04. The molecule has 1 aromatic carbocycles. The number of nitrogens with zero attached hydrogens (tertiary/aromatic N) is 4. The van der Waals surface area contributed by atoms with E-state index in [1.807, 2.05) is 0 Å². The summed E-state index contributed by atoms with van der Waals surface area (Å²) in [5.41, 5.74) is 3.80. The third-order valence-corrected chi connectivity index (χ3v) is 3.51. The first-order valence-electron chi connectivity index (χ1n) is 7.74. The smallest absolute Gasteiger partial charge is 0.345 e. The Kier molecular flexibility index (Phi) is 5.91. The molecule has 0 aliphatic rings. The molecule has 8 nitrogen and oxygen atoms in total. The average Bonchev–Trinajstić information content (AvgIpc) is 2.71. The number of ether oxygens (including phenoxy) is 2. The van der Waals surface area contributed by atoms with Crippen LogP contribution in [0.3, 0.4) is 0 Å². The van der Waals surface area contributed by atoms with Gasteiger partial charge in [-0.15, -0.1) is 10.2 Å². The third kappa shape index (κ3) is 4.99. The Balaban J connectivity index is 1.69. The summed E-state index contributed by atoms with van der Waals surface area (Å²) in [7, 11) is 1.49. The number of benzene rings is 1. The van der Waals surface area contributed by atoms with Gasteiger partial charge in [-0.05, 0) is 48.0 Å². The lowest BCUT2D eigenvalue weighted by Crippen LogP contribution is -2.09. The molecule has 2 aromatic heterocycles. The van der Waals surface area contributed by atoms with Crippen molar-refractivity contribution in [2.24, 2.45) is 5.10 Å². The maximum atomic E-state index is 12.1. The second kappa shape index (κ2) is 8.72. The summed E-state index contributed by atoms with van der Waals surface area (Å²) in [6.07, 6.45) is 4.57. The molecular formula is C18H14ClN5O3. The highest BCUT2D eigenvalue weighted by atomic mass is 35.5. The zero-order valence-electron chi connectivity index (χ0n) is 14.2. The zero-order chi connectivity index (χ0) is 19.1. The highest BCUT2D eigenvalue weighted by molar-refractivity contribution is 6.29. The van der Waals surface area contributed by atoms with Gasteiger partial charge in [0.25, 0.3) is 0 Å². The van der Waals surface area contributed by atoms with Gasteiger partial charge in [0.2, 0.25) is 0 Å². The number of halogens is 1. The minimum Gasteiger partial charge on any atom is -0.493 e. The van der Waals surface area contributed by atoms with Gasteiger partial charge in [-0.3, -0.25) is 10.4 Å². The van der Waals surface area contributed by atoms with Crippen LogP contribution in [0.15, 0.2) is 60.0 Å². The number of carbonyl (C=O) groups excluding carboxylic acids is 1. The van der Waals surface area contributed by atoms with Crippen LogP contribution in [0.25, 0.3) is 0 Å². The van der Waals surface area contributed by atoms with Gasteiger partial charge in [-0.1, -0.05) is 11.6 Å². The van der Waals surface area contributed by atoms with Crippen LogP contribution in [0.2, 0.25) is 5.15 Å². The van der Waals surface area contributed by atoms with Crippen molar-refractivity contribution in [2.75, 3.05) is 12.5 Å². The molecule has 3 aromatic rings. The quantitative estimate of drug-likeness (QED) is 0.302. The number of hydrazone groups is 1. The van der Waals surface area contributed by atoms with Crippen molar-refractivity contribution in [1.29, 1.82) is 0 Å². The molecule has 0 saturated heterocycles. The van der Waals surface area contributed by atoms with Crippen LogP contribution in [0.1, 0.15) is 15.9 Å². The summed E-state index contributed by atoms with van der Waals surface area (Å²) in [5, 5.41) is 11.9. The molecule has 136 valence electrons. The molecule has 0 saturated carbocycles. The largest absolute Gasteiger partial charge is 0.493 e. The van der Waals surface area contributed by atoms with Crippen molar-refractivity contribution < 1.29 is 14.3 Å². The van der Waals surface area contributed by atoms with Gasteiger partial charge in [0.05, 0.1) is 18.9 Å². The van der Waals surface area contributed by atoms with Crippen LogP contribution < -0.4 is 14.9 Å². The molecule has 0 bridgehead atoms. The summed E-state index contributed by atoms with van der Waals surface area (Å²) in [6, 6.07) is 11.6. The van der Waals surface area contributed by atoms with Gasteiger partial charge in [0, 0.05) is 12.4 Å². The number of methoxy groups -OCH3 is 1. The van der Waals surface area contributed by atoms with Gasteiger partial charge in [0.1, 0.15) is 0 Å². The lowest BCUT2D eigenvalue weighted by molar-refractivity contribution is 0.0729. The Morgan fingerprint density at radius 1 is 1.19 bits per heavy atom. The molecule has 1 N–H and O–H groups in total. The first kappa shape index (κ1) is 18.3. The fraction of sp³-hybridized carbons (Fsp3) is 0.0556. The molecule has 0 radical (unpaired) electrons. The van der Waals surface area contributed by atoms with Gasteiger partial charge < -0.3 is 9.47 Å². The lowest BCUT2D eigenvalue weighted by Gasteiger charge is -2.09. The molecule has 3 rings (SSSR count). The number of aromatic nitrogens is 3. The van der Waals surface area contributed by atoms with Crippen LogP contribution in [0, 0.1) is 0 Å². The van der Waals surface area contributed by atoms with E-state index in [2.05, 4.69) is 25.7 Å². The predicted octanol–water partition coefficient (Wildman–Crippen LogP) is 3.20. The van der Waals surface area contributed by atoms with Crippen molar-refractivity contribution in [3.63, 3.8) is 0 Å². The molecule has 27 heavy (non-hydrogen) atoms. The van der Waals surface area contributed by atoms with Crippen molar-refractivity contribution in [3.8, 4) is 11.5 Å². The Morgan fingerprint density at radius 3 is 2.78 bits per heavy atom. The van der Waals surface area contributed by atoms with Crippen LogP contribution in [-0.4, -0.2) is 34.5 Å². The van der Waals surface area contributed by atoms with E-state index in [1.165, 1.54) is 13.3 Å². The molecule has 2 heterocycles. The van der Waals surface area contributed by atoms with E-state index in [9.17, 15) is 4.79 Å². The van der Waals surface area contributed by atoms with Crippen molar-refractivity contribution in [2.45, 2.75) is 0 Å². The number of pyridine rings is 1. The standard InChI is InChI=1S/C18H14ClN5O3/c1-26-15-9-12(10-21-23-17-7-6-16(19)22-24-17)4-5-14(15)27-18(25)13-3-2-8-20-11-13/h2-11H,1H3,(H,23,24)/b21-10+. The maximum absolute atomic E-state index is 12.1. The number of hydrogen-bond donors (Lipinski definition) is 1. The zero-order valence-corrected chi connectivity index (χ0v) is 14.9. The number of carbonyl (C=O) groups is 1. The normalized spacial score (nSPS) is 10.6. The summed E-state index contributed by atoms with van der Waals surface area (Å²) in [6.45, 7) is 0. The summed E-state index contributed by atoms with van der Waals surface area (Å²) < 4.78 is 10.7. The van der Waals surface area contributed by atoms with Crippen LogP contribution >= 0.6 is 11.6 Å². The fourth-order valence-corrected chi connectivity index (χ4v) is 2.14. The van der Waals surface area contributed by atoms with E-state index in [0.29, 0.717) is 28.0 Å². The Morgan fingerprint density at radius 2 is 2.07 bits per heavy atom. The first-order chi connectivity index (χ1) is 13.2. The Bertz CT molecular complexity index is 949. The molecule has 0 atom stereocenters. The Hall–Kier alpha value is -3.52. The SMILES string of the molecule is COc1cc(/C=N/Nc2ccc(Cl)nn2)ccc1OC(=O)c1cccnc1. The van der Waals surface area contributed by atoms with E-state index >= 15 is 0 Å². The van der Waals surface area contributed by atoms with E-state index in [1.54, 1.807) is 54.9 Å². The van der Waals surface area contributed by atoms with E-state index in [-0.39, 0.29) is 0 Å². The van der Waals surface area contributed by atoms with Gasteiger partial charge in [-0.25, -0.2) is 4.79 Å². The predicted molar refractivity (Wildman–Crippen MR) is 100 cm³/mol. The van der Waals surface area contributed by atoms with E-state index in [4.69, 9.17) is 21.1 Å². The Labute approximate surface area is 159 Å². The monoisotopic (exact) mass is 383 g/mol. The van der Waals surface area contributed by atoms with Crippen molar-refractivity contribution >= 4 is 29.6 Å². The molecule has 0 spiro atoms. The second-order valence-corrected chi connectivity index (χ2v) is 5.54. The first-order valence-corrected chi connectivity index (χ1v) is 8.12. The van der Waals surface area contributed by atoms with Crippen LogP contribution in [-0.2, 0) is 0 Å². The average molecular weight is 384 g/mol. The number of nitrogens with one attached hydrogen (secondary N) is 1. The van der Waals surface area contributed by atoms with Gasteiger partial charge in [-0.2, -0.15) is 5.10 Å². The summed E-state index contributed by atoms with van der Waals surface area (Å²) in [4.78, 5) is 16.0. The molecule has 0 amide bonds. The highest BCUT2D eigenvalue weighted by Gasteiger charge is 2.12. The maximum Gasteiger partial charge on any atom is 0.345 e. The van der Waals surface area contributed by atoms with Gasteiger partial charge in [0.15, 0.2) is 22.5 Å². The topological polar surface area (TPSA) is 98.6 Å². The number of rotatable bonds is 6. The molecule has 0 fully saturated rings. The van der Waals surface area contributed by atoms with E-state index in [0.717, 1.165) is 5.56 Å². The number of hydrogen-bond acceptors (Lipinski definition) is 8. The van der Waals surface area contributed by atoms with Crippen molar-refractivity contribution in [3.05, 3.63) is 71.1 Å². The number of anilines is 1. The second-order valence-electron chi connectivity index (χ2n) is 5.15. The minimum atomic E-state index is -0.522. The molecule has 9 heteroatoms. The van der Waals surface area contributed by atoms with Crippen molar-refractivity contribution in [1.82, 2.24) is 15.2 Å². The van der Waals surface area contributed by atoms with Crippen LogP contribution in [0.4, 0.5) is 5.82 Å². The van der Waals surface area contributed by atoms with E-state index < -0.39 is 5.97 Å². The van der Waals surface area contributed by atoms with Gasteiger partial charge >= 0.3 is 5.97 Å². The third-order valence-electron chi connectivity index (χ3n) is 3.31. The van der Waals surface area contributed by atoms with Crippen LogP contribution in [0.5, 0.6) is 11.5 Å². The minimum absolute atomic E-state index is 0.292. The molecule has 0 aliphatic heterocycles. The summed E-state index contributed by atoms with van der Waals surface area (Å²) in [5.74, 6) is 0.609.